The van der Waals surface area contributed by atoms with Gasteiger partial charge >= 0.3 is 5.69 Å². The molecule has 2 saturated heterocycles. The summed E-state index contributed by atoms with van der Waals surface area (Å²) in [6, 6.07) is -0.148. The number of ether oxygens (including phenoxy) is 1. The highest BCUT2D eigenvalue weighted by Crippen LogP contribution is 2.40. The van der Waals surface area contributed by atoms with Crippen molar-refractivity contribution < 1.29 is 4.74 Å². The molecule has 5 nitrogen and oxygen atoms in total. The van der Waals surface area contributed by atoms with Crippen LogP contribution >= 0.6 is 11.6 Å². The number of aromatic nitrogens is 2. The van der Waals surface area contributed by atoms with Gasteiger partial charge in [-0.3, -0.25) is 14.3 Å². The molecule has 2 bridgehead atoms. The Hall–Kier alpha value is -1.07. The molecule has 2 aliphatic heterocycles. The van der Waals surface area contributed by atoms with E-state index in [-0.39, 0.29) is 34.9 Å². The summed E-state index contributed by atoms with van der Waals surface area (Å²) >= 11 is 5.99. The molecule has 3 rings (SSSR count). The summed E-state index contributed by atoms with van der Waals surface area (Å²) in [4.78, 5) is 27.2. The van der Waals surface area contributed by atoms with Crippen LogP contribution in [0.4, 0.5) is 0 Å². The molecule has 3 unspecified atom stereocenters. The number of nitrogens with zero attached hydrogens (tertiary/aromatic N) is 1. The van der Waals surface area contributed by atoms with Gasteiger partial charge in [0.25, 0.3) is 5.56 Å². The highest BCUT2D eigenvalue weighted by Gasteiger charge is 2.43. The molecule has 2 aliphatic rings. The molecular weight excluding hydrogens is 268 g/mol. The summed E-state index contributed by atoms with van der Waals surface area (Å²) < 4.78 is 7.04. The van der Waals surface area contributed by atoms with E-state index in [1.165, 1.54) is 4.57 Å². The third-order valence-corrected chi connectivity index (χ3v) is 4.40. The Morgan fingerprint density at radius 1 is 1.37 bits per heavy atom. The first-order chi connectivity index (χ1) is 8.99. The molecule has 1 N–H and O–H groups in total. The molecule has 104 valence electrons. The number of H-pyrrole nitrogens is 1. The summed E-state index contributed by atoms with van der Waals surface area (Å²) in [5.74, 6) is -0.0254. The Kier molecular flexibility index (Phi) is 3.06. The lowest BCUT2D eigenvalue weighted by Gasteiger charge is -2.21. The van der Waals surface area contributed by atoms with Crippen LogP contribution in [0.5, 0.6) is 0 Å². The Balaban J connectivity index is 2.14. The van der Waals surface area contributed by atoms with Gasteiger partial charge in [-0.1, -0.05) is 25.4 Å². The number of nitrogens with one attached hydrogen (secondary N) is 1. The van der Waals surface area contributed by atoms with Gasteiger partial charge in [-0.2, -0.15) is 0 Å². The maximum Gasteiger partial charge on any atom is 0.329 e. The molecule has 0 spiro atoms. The van der Waals surface area contributed by atoms with E-state index in [1.807, 2.05) is 13.8 Å². The van der Waals surface area contributed by atoms with Crippen LogP contribution in [0.1, 0.15) is 50.6 Å². The van der Waals surface area contributed by atoms with Crippen LogP contribution in [-0.4, -0.2) is 21.8 Å². The number of hydrogen-bond donors (Lipinski definition) is 1. The Labute approximate surface area is 115 Å². The van der Waals surface area contributed by atoms with Crippen molar-refractivity contribution in [3.63, 3.8) is 0 Å². The van der Waals surface area contributed by atoms with E-state index >= 15 is 0 Å². The van der Waals surface area contributed by atoms with E-state index in [0.29, 0.717) is 5.56 Å². The molecule has 6 heteroatoms. The molecule has 0 aliphatic carbocycles. The first-order valence-electron chi connectivity index (χ1n) is 6.68. The van der Waals surface area contributed by atoms with Crippen molar-refractivity contribution in [2.24, 2.45) is 0 Å². The average molecular weight is 285 g/mol. The normalized spacial score (nSPS) is 29.4. The van der Waals surface area contributed by atoms with E-state index in [1.54, 1.807) is 0 Å². The van der Waals surface area contributed by atoms with Gasteiger partial charge < -0.3 is 4.74 Å². The molecule has 3 heterocycles. The molecule has 1 aromatic heterocycles. The van der Waals surface area contributed by atoms with Crippen molar-refractivity contribution in [3.05, 3.63) is 31.6 Å². The van der Waals surface area contributed by atoms with Crippen molar-refractivity contribution in [2.75, 3.05) is 0 Å². The van der Waals surface area contributed by atoms with Crippen LogP contribution in [0.3, 0.4) is 0 Å². The second kappa shape index (κ2) is 4.49. The predicted octanol–water partition coefficient (Wildman–Crippen LogP) is 1.81. The second-order valence-electron chi connectivity index (χ2n) is 5.66. The van der Waals surface area contributed by atoms with Crippen LogP contribution in [0.25, 0.3) is 0 Å². The van der Waals surface area contributed by atoms with Crippen LogP contribution in [0.15, 0.2) is 9.59 Å². The fourth-order valence-corrected chi connectivity index (χ4v) is 3.60. The molecule has 19 heavy (non-hydrogen) atoms. The van der Waals surface area contributed by atoms with Crippen LogP contribution in [-0.2, 0) is 4.74 Å². The molecule has 2 fully saturated rings. The van der Waals surface area contributed by atoms with Crippen molar-refractivity contribution in [2.45, 2.75) is 57.3 Å². The summed E-state index contributed by atoms with van der Waals surface area (Å²) in [7, 11) is 0. The van der Waals surface area contributed by atoms with E-state index < -0.39 is 5.69 Å². The van der Waals surface area contributed by atoms with Crippen molar-refractivity contribution in [1.82, 2.24) is 9.55 Å². The quantitative estimate of drug-likeness (QED) is 0.843. The summed E-state index contributed by atoms with van der Waals surface area (Å²) in [6.45, 7) is 3.78. The predicted molar refractivity (Wildman–Crippen MR) is 72.0 cm³/mol. The maximum atomic E-state index is 12.5. The number of rotatable bonds is 2. The van der Waals surface area contributed by atoms with E-state index in [4.69, 9.17) is 16.3 Å². The molecule has 0 radical (unpaired) electrons. The van der Waals surface area contributed by atoms with E-state index in [2.05, 4.69) is 4.98 Å². The summed E-state index contributed by atoms with van der Waals surface area (Å²) in [5.41, 5.74) is -0.227. The average Bonchev–Trinajstić information content (AvgIpc) is 2.89. The van der Waals surface area contributed by atoms with Crippen molar-refractivity contribution in [3.8, 4) is 0 Å². The maximum absolute atomic E-state index is 12.5. The fraction of sp³-hybridized carbons (Fsp3) is 0.692. The third kappa shape index (κ3) is 1.96. The van der Waals surface area contributed by atoms with Gasteiger partial charge in [-0.05, 0) is 25.2 Å². The fourth-order valence-electron chi connectivity index (χ4n) is 3.22. The largest absolute Gasteiger partial charge is 0.373 e. The SMILES string of the molecule is CC(C)c1c(Cl)[nH]c(=O)n(C2CC3CCC2O3)c1=O. The standard InChI is InChI=1S/C13H17ClN2O3/c1-6(2)10-11(14)15-13(18)16(12(10)17)8-5-7-3-4-9(8)19-7/h6-9H,3-5H2,1-2H3,(H,15,18). The number of halogens is 1. The minimum Gasteiger partial charge on any atom is -0.373 e. The molecule has 0 aromatic carbocycles. The molecule has 0 amide bonds. The third-order valence-electron chi connectivity index (χ3n) is 4.10. The lowest BCUT2D eigenvalue weighted by molar-refractivity contribution is 0.0927. The molecular formula is C13H17ClN2O3. The van der Waals surface area contributed by atoms with Gasteiger partial charge in [0.15, 0.2) is 0 Å². The van der Waals surface area contributed by atoms with Gasteiger partial charge in [-0.15, -0.1) is 0 Å². The van der Waals surface area contributed by atoms with Gasteiger partial charge in [-0.25, -0.2) is 4.79 Å². The summed E-state index contributed by atoms with van der Waals surface area (Å²) in [5, 5.41) is 0.158. The summed E-state index contributed by atoms with van der Waals surface area (Å²) in [6.07, 6.45) is 2.87. The first kappa shape index (κ1) is 12.9. The zero-order valence-corrected chi connectivity index (χ0v) is 11.7. The van der Waals surface area contributed by atoms with Crippen LogP contribution < -0.4 is 11.2 Å². The Morgan fingerprint density at radius 3 is 2.63 bits per heavy atom. The topological polar surface area (TPSA) is 64.1 Å². The zero-order chi connectivity index (χ0) is 13.7. The number of aromatic amines is 1. The second-order valence-corrected chi connectivity index (χ2v) is 6.04. The van der Waals surface area contributed by atoms with E-state index in [9.17, 15) is 9.59 Å². The minimum atomic E-state index is -0.430. The van der Waals surface area contributed by atoms with Crippen LogP contribution in [0.2, 0.25) is 5.15 Å². The van der Waals surface area contributed by atoms with Gasteiger partial charge in [0.1, 0.15) is 5.15 Å². The highest BCUT2D eigenvalue weighted by molar-refractivity contribution is 6.30. The van der Waals surface area contributed by atoms with Gasteiger partial charge in [0.05, 0.1) is 23.8 Å². The van der Waals surface area contributed by atoms with Gasteiger partial charge in [0, 0.05) is 0 Å². The first-order valence-corrected chi connectivity index (χ1v) is 7.06. The lowest BCUT2D eigenvalue weighted by atomic mass is 9.95. The van der Waals surface area contributed by atoms with Gasteiger partial charge in [0.2, 0.25) is 0 Å². The zero-order valence-electron chi connectivity index (χ0n) is 11.0. The molecule has 0 saturated carbocycles. The van der Waals surface area contributed by atoms with Crippen LogP contribution in [0, 0.1) is 0 Å². The number of fused-ring (bicyclic) bond motifs is 2. The number of hydrogen-bond acceptors (Lipinski definition) is 3. The Morgan fingerprint density at radius 2 is 2.11 bits per heavy atom. The minimum absolute atomic E-state index is 0.00927. The smallest absolute Gasteiger partial charge is 0.329 e. The van der Waals surface area contributed by atoms with Crippen molar-refractivity contribution >= 4 is 11.6 Å². The van der Waals surface area contributed by atoms with E-state index in [0.717, 1.165) is 19.3 Å². The highest BCUT2D eigenvalue weighted by atomic mass is 35.5. The monoisotopic (exact) mass is 284 g/mol. The molecule has 3 atom stereocenters. The van der Waals surface area contributed by atoms with Crippen molar-refractivity contribution in [1.29, 1.82) is 0 Å². The Bertz CT molecular complexity index is 619. The molecule has 1 aromatic rings. The lowest BCUT2D eigenvalue weighted by Crippen LogP contribution is -2.43.